The van der Waals surface area contributed by atoms with Crippen LogP contribution in [0.2, 0.25) is 0 Å². The summed E-state index contributed by atoms with van der Waals surface area (Å²) in [7, 11) is 0. The zero-order valence-electron chi connectivity index (χ0n) is 9.33. The van der Waals surface area contributed by atoms with E-state index in [4.69, 9.17) is 8.83 Å². The van der Waals surface area contributed by atoms with Crippen LogP contribution in [0.4, 0.5) is 0 Å². The Bertz CT molecular complexity index is 435. The lowest BCUT2D eigenvalue weighted by Crippen LogP contribution is -2.27. The van der Waals surface area contributed by atoms with Crippen LogP contribution in [0.5, 0.6) is 0 Å². The van der Waals surface area contributed by atoms with Gasteiger partial charge in [-0.3, -0.25) is 4.79 Å². The average molecular weight is 231 g/mol. The molecule has 88 valence electrons. The number of hydrogen-bond acceptors (Lipinski definition) is 3. The topological polar surface area (TPSA) is 46.6 Å². The van der Waals surface area contributed by atoms with E-state index in [0.717, 1.165) is 11.5 Å². The lowest BCUT2D eigenvalue weighted by Gasteiger charge is -2.18. The van der Waals surface area contributed by atoms with E-state index in [-0.39, 0.29) is 5.91 Å². The fourth-order valence-electron chi connectivity index (χ4n) is 1.52. The summed E-state index contributed by atoms with van der Waals surface area (Å²) in [6.45, 7) is 4.29. The van der Waals surface area contributed by atoms with Crippen molar-refractivity contribution in [3.63, 3.8) is 0 Å². The molecule has 0 aliphatic heterocycles. The van der Waals surface area contributed by atoms with Crippen LogP contribution in [-0.4, -0.2) is 10.8 Å². The molecule has 0 bridgehead atoms. The summed E-state index contributed by atoms with van der Waals surface area (Å²) < 4.78 is 10.4. The number of nitrogens with zero attached hydrogens (tertiary/aromatic N) is 1. The molecule has 0 fully saturated rings. The molecule has 2 aromatic rings. The van der Waals surface area contributed by atoms with E-state index in [1.54, 1.807) is 29.6 Å². The van der Waals surface area contributed by atoms with E-state index in [0.29, 0.717) is 13.1 Å². The van der Waals surface area contributed by atoms with Crippen molar-refractivity contribution in [1.29, 1.82) is 0 Å². The maximum Gasteiger partial charge on any atom is 0.246 e. The Labute approximate surface area is 99.1 Å². The number of furan rings is 2. The summed E-state index contributed by atoms with van der Waals surface area (Å²) in [6.07, 6.45) is 4.45. The van der Waals surface area contributed by atoms with Gasteiger partial charge in [-0.15, -0.1) is 0 Å². The Balaban J connectivity index is 2.08. The van der Waals surface area contributed by atoms with Crippen molar-refractivity contribution in [2.24, 2.45) is 0 Å². The number of carbonyl (C=O) groups is 1. The van der Waals surface area contributed by atoms with Crippen LogP contribution in [0.1, 0.15) is 11.5 Å². The van der Waals surface area contributed by atoms with Crippen LogP contribution < -0.4 is 0 Å². The van der Waals surface area contributed by atoms with Crippen molar-refractivity contribution < 1.29 is 13.6 Å². The van der Waals surface area contributed by atoms with Crippen LogP contribution in [0.25, 0.3) is 0 Å². The van der Waals surface area contributed by atoms with Crippen LogP contribution in [0.3, 0.4) is 0 Å². The molecule has 0 unspecified atom stereocenters. The molecule has 2 rings (SSSR count). The summed E-state index contributed by atoms with van der Waals surface area (Å²) in [5, 5.41) is 0. The van der Waals surface area contributed by atoms with E-state index < -0.39 is 0 Å². The maximum atomic E-state index is 11.7. The number of carbonyl (C=O) groups excluding carboxylic acids is 1. The summed E-state index contributed by atoms with van der Waals surface area (Å²) in [5.74, 6) is 1.30. The van der Waals surface area contributed by atoms with Crippen LogP contribution in [0, 0.1) is 0 Å². The van der Waals surface area contributed by atoms with Crippen LogP contribution in [-0.2, 0) is 17.9 Å². The lowest BCUT2D eigenvalue weighted by atomic mass is 10.3. The van der Waals surface area contributed by atoms with Crippen molar-refractivity contribution in [2.75, 3.05) is 0 Å². The van der Waals surface area contributed by atoms with Gasteiger partial charge in [0.05, 0.1) is 25.6 Å². The molecule has 0 N–H and O–H groups in total. The van der Waals surface area contributed by atoms with E-state index in [1.165, 1.54) is 6.08 Å². The quantitative estimate of drug-likeness (QED) is 0.743. The smallest absolute Gasteiger partial charge is 0.246 e. The molecule has 0 saturated heterocycles. The molecule has 1 amide bonds. The maximum absolute atomic E-state index is 11.7. The highest BCUT2D eigenvalue weighted by Gasteiger charge is 2.14. The van der Waals surface area contributed by atoms with Gasteiger partial charge in [0, 0.05) is 0 Å². The molecule has 2 aromatic heterocycles. The minimum atomic E-state index is -0.155. The molecule has 0 atom stereocenters. The molecule has 0 spiro atoms. The van der Waals surface area contributed by atoms with Gasteiger partial charge in [-0.2, -0.15) is 0 Å². The normalized spacial score (nSPS) is 10.1. The number of amides is 1. The summed E-state index contributed by atoms with van der Waals surface area (Å²) in [4.78, 5) is 13.3. The first-order valence-electron chi connectivity index (χ1n) is 5.25. The van der Waals surface area contributed by atoms with Gasteiger partial charge in [0.2, 0.25) is 5.91 Å². The van der Waals surface area contributed by atoms with Crippen molar-refractivity contribution in [1.82, 2.24) is 4.90 Å². The zero-order valence-corrected chi connectivity index (χ0v) is 9.33. The Hall–Kier alpha value is -2.23. The molecule has 0 aliphatic carbocycles. The summed E-state index contributed by atoms with van der Waals surface area (Å²) >= 11 is 0. The summed E-state index contributed by atoms with van der Waals surface area (Å²) in [5.41, 5.74) is 0. The van der Waals surface area contributed by atoms with Crippen molar-refractivity contribution >= 4 is 5.91 Å². The minimum absolute atomic E-state index is 0.155. The van der Waals surface area contributed by atoms with Gasteiger partial charge >= 0.3 is 0 Å². The first-order valence-corrected chi connectivity index (χ1v) is 5.25. The number of rotatable bonds is 5. The molecule has 0 aliphatic rings. The van der Waals surface area contributed by atoms with E-state index in [2.05, 4.69) is 6.58 Å². The second-order valence-electron chi connectivity index (χ2n) is 3.56. The third kappa shape index (κ3) is 2.87. The first-order chi connectivity index (χ1) is 8.29. The molecule has 0 radical (unpaired) electrons. The van der Waals surface area contributed by atoms with Gasteiger partial charge in [-0.05, 0) is 30.3 Å². The second-order valence-corrected chi connectivity index (χ2v) is 3.56. The monoisotopic (exact) mass is 231 g/mol. The Morgan fingerprint density at radius 2 is 1.71 bits per heavy atom. The summed E-state index contributed by atoms with van der Waals surface area (Å²) in [6, 6.07) is 7.23. The highest BCUT2D eigenvalue weighted by Crippen LogP contribution is 2.11. The van der Waals surface area contributed by atoms with E-state index in [9.17, 15) is 4.79 Å². The molecule has 0 saturated carbocycles. The van der Waals surface area contributed by atoms with Crippen molar-refractivity contribution in [3.05, 3.63) is 61.0 Å². The first kappa shape index (κ1) is 11.3. The second kappa shape index (κ2) is 5.21. The molecule has 4 nitrogen and oxygen atoms in total. The SMILES string of the molecule is C=CC(=O)N(Cc1ccco1)Cc1ccco1. The predicted molar refractivity (Wildman–Crippen MR) is 61.9 cm³/mol. The zero-order chi connectivity index (χ0) is 12.1. The highest BCUT2D eigenvalue weighted by molar-refractivity contribution is 5.86. The van der Waals surface area contributed by atoms with Gasteiger partial charge < -0.3 is 13.7 Å². The van der Waals surface area contributed by atoms with Crippen LogP contribution >= 0.6 is 0 Å². The third-order valence-electron chi connectivity index (χ3n) is 2.34. The number of hydrogen-bond donors (Lipinski definition) is 0. The highest BCUT2D eigenvalue weighted by atomic mass is 16.3. The Kier molecular flexibility index (Phi) is 3.45. The molecule has 2 heterocycles. The fourth-order valence-corrected chi connectivity index (χ4v) is 1.52. The fraction of sp³-hybridized carbons (Fsp3) is 0.154. The Morgan fingerprint density at radius 1 is 1.18 bits per heavy atom. The molecule has 0 aromatic carbocycles. The van der Waals surface area contributed by atoms with Gasteiger partial charge in [0.1, 0.15) is 11.5 Å². The average Bonchev–Trinajstić information content (AvgIpc) is 3.00. The van der Waals surface area contributed by atoms with E-state index in [1.807, 2.05) is 12.1 Å². The van der Waals surface area contributed by atoms with Gasteiger partial charge in [0.15, 0.2) is 0 Å². The van der Waals surface area contributed by atoms with Gasteiger partial charge in [0.25, 0.3) is 0 Å². The molecule has 17 heavy (non-hydrogen) atoms. The molecular formula is C13H13NO3. The third-order valence-corrected chi connectivity index (χ3v) is 2.34. The van der Waals surface area contributed by atoms with Crippen LogP contribution in [0.15, 0.2) is 58.3 Å². The van der Waals surface area contributed by atoms with E-state index >= 15 is 0 Å². The van der Waals surface area contributed by atoms with Gasteiger partial charge in [-0.1, -0.05) is 6.58 Å². The molecule has 4 heteroatoms. The Morgan fingerprint density at radius 3 is 2.06 bits per heavy atom. The predicted octanol–water partition coefficient (Wildman–Crippen LogP) is 2.59. The standard InChI is InChI=1S/C13H13NO3/c1-2-13(15)14(9-11-5-3-7-16-11)10-12-6-4-8-17-12/h2-8H,1,9-10H2. The van der Waals surface area contributed by atoms with Crippen molar-refractivity contribution in [3.8, 4) is 0 Å². The van der Waals surface area contributed by atoms with Crippen molar-refractivity contribution in [2.45, 2.75) is 13.1 Å². The molecular weight excluding hydrogens is 218 g/mol. The lowest BCUT2D eigenvalue weighted by molar-refractivity contribution is -0.127. The largest absolute Gasteiger partial charge is 0.467 e. The van der Waals surface area contributed by atoms with Gasteiger partial charge in [-0.25, -0.2) is 0 Å². The minimum Gasteiger partial charge on any atom is -0.467 e.